The molecule has 0 aliphatic carbocycles. The maximum atomic E-state index is 12.0. The Morgan fingerprint density at radius 1 is 1.23 bits per heavy atom. The molecule has 2 heteroatoms. The van der Waals surface area contributed by atoms with Crippen molar-refractivity contribution in [2.24, 2.45) is 5.92 Å². The first-order valence-corrected chi connectivity index (χ1v) is 5.61. The van der Waals surface area contributed by atoms with E-state index in [-0.39, 0.29) is 6.67 Å². The van der Waals surface area contributed by atoms with Crippen molar-refractivity contribution in [3.8, 4) is 0 Å². The highest BCUT2D eigenvalue weighted by atomic mass is 19.1. The Hall–Kier alpha value is -0.110. The second-order valence-corrected chi connectivity index (χ2v) is 3.57. The number of hydrogen-bond acceptors (Lipinski definition) is 1. The first-order chi connectivity index (χ1) is 6.33. The van der Waals surface area contributed by atoms with Crippen LogP contribution in [0.4, 0.5) is 4.39 Å². The fourth-order valence-electron chi connectivity index (χ4n) is 1.67. The topological polar surface area (TPSA) is 3.24 Å². The van der Waals surface area contributed by atoms with Crippen molar-refractivity contribution in [1.82, 2.24) is 4.90 Å². The lowest BCUT2D eigenvalue weighted by Gasteiger charge is -2.17. The third-order valence-electron chi connectivity index (χ3n) is 2.51. The summed E-state index contributed by atoms with van der Waals surface area (Å²) in [5, 5.41) is 0. The van der Waals surface area contributed by atoms with Gasteiger partial charge >= 0.3 is 0 Å². The van der Waals surface area contributed by atoms with Crippen molar-refractivity contribution in [3.05, 3.63) is 0 Å². The van der Waals surface area contributed by atoms with Crippen LogP contribution in [0.5, 0.6) is 0 Å². The summed E-state index contributed by atoms with van der Waals surface area (Å²) in [6.07, 6.45) is 3.82. The molecule has 1 rings (SSSR count). The number of halogens is 1. The molecule has 1 saturated heterocycles. The number of hydrogen-bond donors (Lipinski definition) is 0. The molecule has 0 amide bonds. The van der Waals surface area contributed by atoms with Crippen LogP contribution in [0.1, 0.15) is 40.0 Å². The Morgan fingerprint density at radius 2 is 1.92 bits per heavy atom. The number of likely N-dealkylation sites (tertiary alicyclic amines) is 1. The van der Waals surface area contributed by atoms with Gasteiger partial charge in [0.15, 0.2) is 0 Å². The Kier molecular flexibility index (Phi) is 8.41. The maximum absolute atomic E-state index is 12.0. The van der Waals surface area contributed by atoms with Crippen molar-refractivity contribution >= 4 is 0 Å². The van der Waals surface area contributed by atoms with E-state index in [0.29, 0.717) is 6.54 Å². The van der Waals surface area contributed by atoms with E-state index in [9.17, 15) is 4.39 Å². The molecular formula is C11H24FN. The molecule has 1 aliphatic rings. The van der Waals surface area contributed by atoms with Gasteiger partial charge in [-0.15, -0.1) is 0 Å². The molecule has 13 heavy (non-hydrogen) atoms. The second-order valence-electron chi connectivity index (χ2n) is 3.57. The Labute approximate surface area is 82.3 Å². The molecule has 0 bridgehead atoms. The Morgan fingerprint density at radius 3 is 2.54 bits per heavy atom. The summed E-state index contributed by atoms with van der Waals surface area (Å²) in [6, 6.07) is 0. The predicted molar refractivity (Wildman–Crippen MR) is 56.8 cm³/mol. The molecule has 0 spiro atoms. The SMILES string of the molecule is CC.CC1CCCN(CCF)CC1. The van der Waals surface area contributed by atoms with Crippen molar-refractivity contribution in [1.29, 1.82) is 0 Å². The van der Waals surface area contributed by atoms with Crippen LogP contribution in [0.25, 0.3) is 0 Å². The molecule has 1 fully saturated rings. The largest absolute Gasteiger partial charge is 0.301 e. The molecule has 0 aromatic heterocycles. The van der Waals surface area contributed by atoms with Gasteiger partial charge in [-0.1, -0.05) is 20.8 Å². The maximum Gasteiger partial charge on any atom is 0.102 e. The van der Waals surface area contributed by atoms with E-state index in [1.165, 1.54) is 19.3 Å². The van der Waals surface area contributed by atoms with Gasteiger partial charge in [0.25, 0.3) is 0 Å². The Bertz CT molecular complexity index is 106. The molecule has 1 atom stereocenters. The van der Waals surface area contributed by atoms with Crippen LogP contribution in [-0.2, 0) is 0 Å². The minimum absolute atomic E-state index is 0.186. The van der Waals surface area contributed by atoms with Crippen LogP contribution in [0.15, 0.2) is 0 Å². The van der Waals surface area contributed by atoms with Crippen LogP contribution < -0.4 is 0 Å². The lowest BCUT2D eigenvalue weighted by molar-refractivity contribution is 0.254. The van der Waals surface area contributed by atoms with Gasteiger partial charge in [0.05, 0.1) is 0 Å². The lowest BCUT2D eigenvalue weighted by Crippen LogP contribution is -2.26. The summed E-state index contributed by atoms with van der Waals surface area (Å²) in [5.41, 5.74) is 0. The van der Waals surface area contributed by atoms with Crippen LogP contribution in [0.2, 0.25) is 0 Å². The highest BCUT2D eigenvalue weighted by molar-refractivity contribution is 4.66. The normalized spacial score (nSPS) is 24.5. The summed E-state index contributed by atoms with van der Waals surface area (Å²) in [6.45, 7) is 8.96. The number of nitrogens with zero attached hydrogens (tertiary/aromatic N) is 1. The standard InChI is InChI=1S/C9H18FN.C2H6/c1-9-3-2-6-11(7-4-9)8-5-10;1-2/h9H,2-8H2,1H3;1-2H3. The molecule has 0 saturated carbocycles. The van der Waals surface area contributed by atoms with Crippen LogP contribution in [-0.4, -0.2) is 31.2 Å². The Balaban J connectivity index is 0.000000671. The van der Waals surface area contributed by atoms with Gasteiger partial charge in [0.1, 0.15) is 6.67 Å². The van der Waals surface area contributed by atoms with Crippen molar-refractivity contribution in [3.63, 3.8) is 0 Å². The summed E-state index contributed by atoms with van der Waals surface area (Å²) >= 11 is 0. The third-order valence-corrected chi connectivity index (χ3v) is 2.51. The highest BCUT2D eigenvalue weighted by Crippen LogP contribution is 2.15. The van der Waals surface area contributed by atoms with Crippen molar-refractivity contribution < 1.29 is 4.39 Å². The lowest BCUT2D eigenvalue weighted by atomic mass is 10.0. The molecule has 0 N–H and O–H groups in total. The summed E-state index contributed by atoms with van der Waals surface area (Å²) in [7, 11) is 0. The minimum atomic E-state index is -0.186. The van der Waals surface area contributed by atoms with E-state index < -0.39 is 0 Å². The summed E-state index contributed by atoms with van der Waals surface area (Å²) in [4.78, 5) is 2.24. The first-order valence-electron chi connectivity index (χ1n) is 5.61. The minimum Gasteiger partial charge on any atom is -0.301 e. The van der Waals surface area contributed by atoms with Crippen LogP contribution in [0.3, 0.4) is 0 Å². The summed E-state index contributed by atoms with van der Waals surface area (Å²) < 4.78 is 12.0. The molecule has 0 radical (unpaired) electrons. The predicted octanol–water partition coefficient (Wildman–Crippen LogP) is 3.10. The van der Waals surface area contributed by atoms with Crippen LogP contribution in [0, 0.1) is 5.92 Å². The molecule has 0 aromatic carbocycles. The highest BCUT2D eigenvalue weighted by Gasteiger charge is 2.12. The van der Waals surface area contributed by atoms with E-state index in [2.05, 4.69) is 11.8 Å². The van der Waals surface area contributed by atoms with E-state index in [1.807, 2.05) is 13.8 Å². The zero-order valence-electron chi connectivity index (χ0n) is 9.35. The molecule has 1 unspecified atom stereocenters. The molecule has 1 nitrogen and oxygen atoms in total. The van der Waals surface area contributed by atoms with E-state index in [4.69, 9.17) is 0 Å². The molecule has 1 heterocycles. The van der Waals surface area contributed by atoms with Crippen molar-refractivity contribution in [2.45, 2.75) is 40.0 Å². The number of rotatable bonds is 2. The average Bonchev–Trinajstić information content (AvgIpc) is 2.36. The van der Waals surface area contributed by atoms with Gasteiger partial charge in [-0.25, -0.2) is 4.39 Å². The molecule has 0 aromatic rings. The molecule has 80 valence electrons. The fraction of sp³-hybridized carbons (Fsp3) is 1.00. The van der Waals surface area contributed by atoms with Gasteiger partial charge < -0.3 is 4.90 Å². The van der Waals surface area contributed by atoms with Crippen molar-refractivity contribution in [2.75, 3.05) is 26.3 Å². The monoisotopic (exact) mass is 189 g/mol. The van der Waals surface area contributed by atoms with E-state index >= 15 is 0 Å². The second kappa shape index (κ2) is 8.49. The van der Waals surface area contributed by atoms with Gasteiger partial charge in [-0.05, 0) is 38.3 Å². The van der Waals surface area contributed by atoms with Crippen LogP contribution >= 0.6 is 0 Å². The number of alkyl halides is 1. The quantitative estimate of drug-likeness (QED) is 0.645. The molecule has 1 aliphatic heterocycles. The zero-order valence-corrected chi connectivity index (χ0v) is 9.35. The molecular weight excluding hydrogens is 165 g/mol. The van der Waals surface area contributed by atoms with Gasteiger partial charge in [0, 0.05) is 6.54 Å². The summed E-state index contributed by atoms with van der Waals surface area (Å²) in [5.74, 6) is 0.847. The van der Waals surface area contributed by atoms with Gasteiger partial charge in [-0.2, -0.15) is 0 Å². The van der Waals surface area contributed by atoms with E-state index in [1.54, 1.807) is 0 Å². The van der Waals surface area contributed by atoms with Gasteiger partial charge in [-0.3, -0.25) is 0 Å². The van der Waals surface area contributed by atoms with E-state index in [0.717, 1.165) is 19.0 Å². The first kappa shape index (κ1) is 12.9. The smallest absolute Gasteiger partial charge is 0.102 e. The fourth-order valence-corrected chi connectivity index (χ4v) is 1.67. The zero-order chi connectivity index (χ0) is 10.1. The average molecular weight is 189 g/mol. The van der Waals surface area contributed by atoms with Gasteiger partial charge in [0.2, 0.25) is 0 Å². The third kappa shape index (κ3) is 6.03.